The quantitative estimate of drug-likeness (QED) is 0.504. The van der Waals surface area contributed by atoms with E-state index in [-0.39, 0.29) is 41.5 Å². The van der Waals surface area contributed by atoms with Gasteiger partial charge in [-0.1, -0.05) is 11.6 Å². The van der Waals surface area contributed by atoms with E-state index >= 15 is 0 Å². The summed E-state index contributed by atoms with van der Waals surface area (Å²) in [5, 5.41) is 6.50. The van der Waals surface area contributed by atoms with E-state index in [1.807, 2.05) is 6.92 Å². The Morgan fingerprint density at radius 2 is 2.21 bits per heavy atom. The number of nitrogens with one attached hydrogen (secondary N) is 2. The highest BCUT2D eigenvalue weighted by atomic mass is 35.5. The van der Waals surface area contributed by atoms with Gasteiger partial charge >= 0.3 is 0 Å². The summed E-state index contributed by atoms with van der Waals surface area (Å²) >= 11 is 7.24. The number of carbonyl (C=O) groups is 2. The first-order chi connectivity index (χ1) is 11.4. The zero-order valence-corrected chi connectivity index (χ0v) is 14.3. The van der Waals surface area contributed by atoms with Crippen molar-refractivity contribution in [3.8, 4) is 0 Å². The highest BCUT2D eigenvalue weighted by molar-refractivity contribution is 7.10. The van der Waals surface area contributed by atoms with Gasteiger partial charge in [0.2, 0.25) is 0 Å². The summed E-state index contributed by atoms with van der Waals surface area (Å²) in [6.07, 6.45) is 0.922. The Hall–Kier alpha value is -2.30. The maximum Gasteiger partial charge on any atom is 0.271 e. The fraction of sp³-hybridized carbons (Fsp3) is 0.308. The number of aryl methyl sites for hydroxylation is 1. The van der Waals surface area contributed by atoms with Gasteiger partial charge in [-0.2, -0.15) is 4.37 Å². The topological polar surface area (TPSA) is 149 Å². The molecule has 24 heavy (non-hydrogen) atoms. The molecule has 0 aliphatic heterocycles. The first-order valence-electron chi connectivity index (χ1n) is 6.92. The summed E-state index contributed by atoms with van der Waals surface area (Å²) in [5.41, 5.74) is 11.6. The van der Waals surface area contributed by atoms with Crippen molar-refractivity contribution < 1.29 is 9.59 Å². The lowest BCUT2D eigenvalue weighted by Crippen LogP contribution is -2.30. The van der Waals surface area contributed by atoms with Crippen LogP contribution in [0.1, 0.15) is 22.6 Å². The number of nitrogens with two attached hydrogens (primary N) is 2. The number of primary amides is 1. The fourth-order valence-electron chi connectivity index (χ4n) is 1.83. The maximum atomic E-state index is 11.6. The van der Waals surface area contributed by atoms with Crippen LogP contribution in [0.5, 0.6) is 0 Å². The number of hydrogen-bond acceptors (Lipinski definition) is 9. The Morgan fingerprint density at radius 3 is 2.75 bits per heavy atom. The molecule has 2 heterocycles. The Morgan fingerprint density at radius 1 is 1.46 bits per heavy atom. The van der Waals surface area contributed by atoms with Gasteiger partial charge in [-0.05, 0) is 24.5 Å². The average Bonchev–Trinajstić information content (AvgIpc) is 2.94. The van der Waals surface area contributed by atoms with E-state index in [1.165, 1.54) is 11.5 Å². The zero-order valence-electron chi connectivity index (χ0n) is 12.7. The lowest BCUT2D eigenvalue weighted by molar-refractivity contribution is -0.108. The van der Waals surface area contributed by atoms with Gasteiger partial charge in [0, 0.05) is 19.0 Å². The lowest BCUT2D eigenvalue weighted by Gasteiger charge is -2.17. The van der Waals surface area contributed by atoms with E-state index in [9.17, 15) is 9.59 Å². The molecule has 2 rings (SSSR count). The molecule has 0 saturated carbocycles. The summed E-state index contributed by atoms with van der Waals surface area (Å²) in [7, 11) is 0. The standard InChI is InChI=1S/C13H16ClN7O2S/c1-6-4-8(24-21-6)18-12-9(11(16)23)19-10(14)13(20-12)17-7(5-15)2-3-22/h3-4,7H,2,5,15H2,1H3,(H2,16,23)(H2,17,18,20). The third-order valence-electron chi connectivity index (χ3n) is 2.96. The molecule has 9 nitrogen and oxygen atoms in total. The number of halogens is 1. The van der Waals surface area contributed by atoms with Crippen molar-refractivity contribution in [3.05, 3.63) is 22.6 Å². The van der Waals surface area contributed by atoms with Crippen molar-refractivity contribution in [2.45, 2.75) is 19.4 Å². The van der Waals surface area contributed by atoms with Gasteiger partial charge in [-0.25, -0.2) is 9.97 Å². The van der Waals surface area contributed by atoms with E-state index in [4.69, 9.17) is 23.1 Å². The fourth-order valence-corrected chi connectivity index (χ4v) is 2.67. The van der Waals surface area contributed by atoms with Gasteiger partial charge in [0.15, 0.2) is 22.5 Å². The molecule has 1 atom stereocenters. The van der Waals surface area contributed by atoms with Crippen molar-refractivity contribution in [2.75, 3.05) is 17.2 Å². The summed E-state index contributed by atoms with van der Waals surface area (Å²) in [4.78, 5) is 30.5. The molecule has 128 valence electrons. The molecule has 0 fully saturated rings. The average molecular weight is 370 g/mol. The molecule has 0 aromatic carbocycles. The molecule has 11 heteroatoms. The largest absolute Gasteiger partial charge is 0.364 e. The van der Waals surface area contributed by atoms with Crippen LogP contribution in [0.4, 0.5) is 16.6 Å². The second-order valence-electron chi connectivity index (χ2n) is 4.86. The van der Waals surface area contributed by atoms with E-state index in [0.29, 0.717) is 5.00 Å². The van der Waals surface area contributed by atoms with Crippen molar-refractivity contribution in [1.82, 2.24) is 14.3 Å². The number of amides is 1. The minimum atomic E-state index is -0.775. The molecule has 1 unspecified atom stereocenters. The van der Waals surface area contributed by atoms with Crippen LogP contribution in [0.25, 0.3) is 0 Å². The Labute approximate surface area is 147 Å². The predicted molar refractivity (Wildman–Crippen MR) is 92.8 cm³/mol. The molecule has 6 N–H and O–H groups in total. The molecule has 0 aliphatic rings. The van der Waals surface area contributed by atoms with Crippen LogP contribution >= 0.6 is 23.1 Å². The minimum absolute atomic E-state index is 0.0424. The molecule has 0 radical (unpaired) electrons. The van der Waals surface area contributed by atoms with E-state index in [0.717, 1.165) is 12.0 Å². The predicted octanol–water partition coefficient (Wildman–Crippen LogP) is 1.07. The highest BCUT2D eigenvalue weighted by Crippen LogP contribution is 2.27. The Balaban J connectivity index is 2.37. The first kappa shape index (κ1) is 18.0. The maximum absolute atomic E-state index is 11.6. The third kappa shape index (κ3) is 4.37. The molecular formula is C13H16ClN7O2S. The number of aldehydes is 1. The highest BCUT2D eigenvalue weighted by Gasteiger charge is 2.19. The van der Waals surface area contributed by atoms with E-state index in [2.05, 4.69) is 25.0 Å². The Kier molecular flexibility index (Phi) is 6.01. The summed E-state index contributed by atoms with van der Waals surface area (Å²) in [6.45, 7) is 2.04. The SMILES string of the molecule is Cc1cc(Nc2nc(NC(CN)CC=O)c(Cl)nc2C(N)=O)sn1. The number of rotatable bonds is 8. The van der Waals surface area contributed by atoms with E-state index in [1.54, 1.807) is 6.07 Å². The van der Waals surface area contributed by atoms with Gasteiger partial charge < -0.3 is 26.9 Å². The molecule has 0 spiro atoms. The van der Waals surface area contributed by atoms with Crippen molar-refractivity contribution in [2.24, 2.45) is 11.5 Å². The second kappa shape index (κ2) is 7.99. The third-order valence-corrected chi connectivity index (χ3v) is 4.02. The molecular weight excluding hydrogens is 354 g/mol. The number of nitrogens with zero attached hydrogens (tertiary/aromatic N) is 3. The van der Waals surface area contributed by atoms with E-state index < -0.39 is 5.91 Å². The van der Waals surface area contributed by atoms with Crippen LogP contribution in [-0.4, -0.2) is 39.1 Å². The molecule has 0 bridgehead atoms. The number of anilines is 3. The Bertz CT molecular complexity index is 752. The van der Waals surface area contributed by atoms with Gasteiger partial charge in [-0.15, -0.1) is 0 Å². The molecule has 1 amide bonds. The van der Waals surface area contributed by atoms with Gasteiger partial charge in [-0.3, -0.25) is 4.79 Å². The molecule has 0 aliphatic carbocycles. The van der Waals surface area contributed by atoms with Crippen LogP contribution in [0.15, 0.2) is 6.07 Å². The number of carbonyl (C=O) groups excluding carboxylic acids is 2. The monoisotopic (exact) mass is 369 g/mol. The van der Waals surface area contributed by atoms with Crippen LogP contribution in [0.2, 0.25) is 5.15 Å². The van der Waals surface area contributed by atoms with Crippen LogP contribution < -0.4 is 22.1 Å². The summed E-state index contributed by atoms with van der Waals surface area (Å²) < 4.78 is 4.13. The minimum Gasteiger partial charge on any atom is -0.364 e. The molecule has 2 aromatic heterocycles. The van der Waals surface area contributed by atoms with Crippen LogP contribution in [0.3, 0.4) is 0 Å². The summed E-state index contributed by atoms with van der Waals surface area (Å²) in [6, 6.07) is 1.43. The molecule has 2 aromatic rings. The van der Waals surface area contributed by atoms with Crippen LogP contribution in [-0.2, 0) is 4.79 Å². The second-order valence-corrected chi connectivity index (χ2v) is 6.02. The van der Waals surface area contributed by atoms with Crippen molar-refractivity contribution in [1.29, 1.82) is 0 Å². The van der Waals surface area contributed by atoms with Gasteiger partial charge in [0.05, 0.1) is 5.69 Å². The first-order valence-corrected chi connectivity index (χ1v) is 8.07. The van der Waals surface area contributed by atoms with Gasteiger partial charge in [0.25, 0.3) is 5.91 Å². The smallest absolute Gasteiger partial charge is 0.271 e. The van der Waals surface area contributed by atoms with Crippen LogP contribution in [0, 0.1) is 6.92 Å². The normalized spacial score (nSPS) is 11.8. The molecule has 0 saturated heterocycles. The van der Waals surface area contributed by atoms with Crippen molar-refractivity contribution >= 4 is 52.0 Å². The zero-order chi connectivity index (χ0) is 17.7. The lowest BCUT2D eigenvalue weighted by atomic mass is 10.2. The number of hydrogen-bond donors (Lipinski definition) is 4. The van der Waals surface area contributed by atoms with Crippen molar-refractivity contribution in [3.63, 3.8) is 0 Å². The van der Waals surface area contributed by atoms with Gasteiger partial charge in [0.1, 0.15) is 11.3 Å². The summed E-state index contributed by atoms with van der Waals surface area (Å²) in [5.74, 6) is -0.439. The number of aromatic nitrogens is 3.